The molecule has 0 saturated heterocycles. The lowest BCUT2D eigenvalue weighted by atomic mass is 10.1. The number of aromatic hydroxyl groups is 1. The number of amides is 3. The third-order valence-corrected chi connectivity index (χ3v) is 8.66. The topological polar surface area (TPSA) is 117 Å². The van der Waals surface area contributed by atoms with Gasteiger partial charge >= 0.3 is 0 Å². The van der Waals surface area contributed by atoms with Gasteiger partial charge in [-0.25, -0.2) is 4.39 Å². The Balaban J connectivity index is 1.40. The van der Waals surface area contributed by atoms with Gasteiger partial charge in [-0.3, -0.25) is 14.4 Å². The maximum Gasteiger partial charge on any atom is 0.272 e. The molecule has 0 saturated carbocycles. The molecule has 0 bridgehead atoms. The van der Waals surface area contributed by atoms with Crippen molar-refractivity contribution in [3.8, 4) is 11.5 Å². The maximum absolute atomic E-state index is 14.6. The molecule has 242 valence electrons. The molecule has 0 heterocycles. The molecule has 5 aromatic carbocycles. The van der Waals surface area contributed by atoms with E-state index >= 15 is 0 Å². The summed E-state index contributed by atoms with van der Waals surface area (Å²) in [7, 11) is 1.43. The van der Waals surface area contributed by atoms with Crippen LogP contribution in [0, 0.1) is 5.82 Å². The summed E-state index contributed by atoms with van der Waals surface area (Å²) >= 11 is 4.45. The zero-order valence-corrected chi connectivity index (χ0v) is 27.8. The highest BCUT2D eigenvalue weighted by Gasteiger charge is 2.24. The Bertz CT molecular complexity index is 1980. The predicted octanol–water partition coefficient (Wildman–Crippen LogP) is 8.18. The fraction of sp³-hybridized carbons (Fsp3) is 0.0541. The first-order chi connectivity index (χ1) is 23.2. The normalized spacial score (nSPS) is 11.7. The average molecular weight is 727 g/mol. The Labute approximate surface area is 289 Å². The van der Waals surface area contributed by atoms with Gasteiger partial charge in [-0.15, -0.1) is 11.8 Å². The third-order valence-electron chi connectivity index (χ3n) is 6.92. The number of carbonyl (C=O) groups is 3. The van der Waals surface area contributed by atoms with Gasteiger partial charge in [0, 0.05) is 32.2 Å². The number of benzene rings is 5. The Morgan fingerprint density at radius 2 is 1.58 bits per heavy atom. The molecule has 4 N–H and O–H groups in total. The molecule has 0 aliphatic carbocycles. The van der Waals surface area contributed by atoms with Crippen molar-refractivity contribution >= 4 is 62.9 Å². The molecule has 8 nitrogen and oxygen atoms in total. The first-order valence-electron chi connectivity index (χ1n) is 14.5. The molecule has 48 heavy (non-hydrogen) atoms. The molecule has 0 radical (unpaired) electrons. The number of phenolic OH excluding ortho intramolecular Hbond substituents is 1. The summed E-state index contributed by atoms with van der Waals surface area (Å²) in [5, 5.41) is 17.3. The highest BCUT2D eigenvalue weighted by atomic mass is 79.9. The number of hydrogen-bond acceptors (Lipinski definition) is 6. The first-order valence-corrected chi connectivity index (χ1v) is 16.2. The number of carbonyl (C=O) groups excluding carboxylic acids is 3. The summed E-state index contributed by atoms with van der Waals surface area (Å²) < 4.78 is 20.5. The second kappa shape index (κ2) is 15.9. The van der Waals surface area contributed by atoms with Crippen LogP contribution < -0.4 is 20.7 Å². The van der Waals surface area contributed by atoms with E-state index < -0.39 is 28.8 Å². The lowest BCUT2D eigenvalue weighted by Crippen LogP contribution is -2.30. The Morgan fingerprint density at radius 1 is 0.854 bits per heavy atom. The van der Waals surface area contributed by atoms with Crippen molar-refractivity contribution < 1.29 is 28.6 Å². The maximum atomic E-state index is 14.6. The van der Waals surface area contributed by atoms with E-state index in [0.717, 1.165) is 0 Å². The van der Waals surface area contributed by atoms with Crippen LogP contribution in [0.25, 0.3) is 6.08 Å². The fourth-order valence-electron chi connectivity index (χ4n) is 4.59. The van der Waals surface area contributed by atoms with Crippen molar-refractivity contribution in [3.05, 3.63) is 154 Å². The van der Waals surface area contributed by atoms with Crippen LogP contribution in [0.2, 0.25) is 0 Å². The fourth-order valence-corrected chi connectivity index (χ4v) is 6.01. The van der Waals surface area contributed by atoms with Crippen LogP contribution in [0.3, 0.4) is 0 Å². The Kier molecular flexibility index (Phi) is 11.3. The van der Waals surface area contributed by atoms with E-state index in [1.165, 1.54) is 49.2 Å². The van der Waals surface area contributed by atoms with Gasteiger partial charge in [0.15, 0.2) is 0 Å². The van der Waals surface area contributed by atoms with Crippen LogP contribution in [-0.4, -0.2) is 29.9 Å². The van der Waals surface area contributed by atoms with Crippen LogP contribution >= 0.6 is 27.7 Å². The van der Waals surface area contributed by atoms with Gasteiger partial charge in [-0.1, -0.05) is 70.5 Å². The van der Waals surface area contributed by atoms with Crippen molar-refractivity contribution in [3.63, 3.8) is 0 Å². The molecule has 5 aromatic rings. The minimum atomic E-state index is -0.761. The minimum absolute atomic E-state index is 0.0258. The van der Waals surface area contributed by atoms with Gasteiger partial charge in [-0.05, 0) is 72.3 Å². The number of thioether (sulfide) groups is 1. The molecule has 1 unspecified atom stereocenters. The number of hydrogen-bond donors (Lipinski definition) is 4. The van der Waals surface area contributed by atoms with Gasteiger partial charge in [0.2, 0.25) is 5.91 Å². The average Bonchev–Trinajstić information content (AvgIpc) is 3.09. The van der Waals surface area contributed by atoms with Crippen molar-refractivity contribution in [1.82, 2.24) is 5.32 Å². The monoisotopic (exact) mass is 725 g/mol. The smallest absolute Gasteiger partial charge is 0.272 e. The molecular formula is C37H29BrFN3O5S. The quantitative estimate of drug-likeness (QED) is 0.0806. The number of ether oxygens (including phenoxy) is 1. The van der Waals surface area contributed by atoms with Gasteiger partial charge in [0.25, 0.3) is 11.8 Å². The number of methoxy groups -OCH3 is 1. The van der Waals surface area contributed by atoms with Gasteiger partial charge in [0.05, 0.1) is 12.8 Å². The summed E-state index contributed by atoms with van der Waals surface area (Å²) in [6.07, 6.45) is 1.45. The predicted molar refractivity (Wildman–Crippen MR) is 189 cm³/mol. The number of halogens is 2. The lowest BCUT2D eigenvalue weighted by molar-refractivity contribution is -0.116. The van der Waals surface area contributed by atoms with Crippen molar-refractivity contribution in [2.24, 2.45) is 0 Å². The zero-order valence-electron chi connectivity index (χ0n) is 25.4. The highest BCUT2D eigenvalue weighted by Crippen LogP contribution is 2.37. The minimum Gasteiger partial charge on any atom is -0.508 e. The number of anilines is 2. The van der Waals surface area contributed by atoms with E-state index in [2.05, 4.69) is 31.9 Å². The van der Waals surface area contributed by atoms with E-state index in [4.69, 9.17) is 4.74 Å². The summed E-state index contributed by atoms with van der Waals surface area (Å²) in [6, 6.07) is 33.2. The molecular weight excluding hydrogens is 697 g/mol. The second-order valence-electron chi connectivity index (χ2n) is 10.3. The highest BCUT2D eigenvalue weighted by molar-refractivity contribution is 9.10. The van der Waals surface area contributed by atoms with Crippen LogP contribution in [0.15, 0.2) is 136 Å². The SMILES string of the molecule is COc1cc(O)ccc1/C=C(/NC(=O)c1ccccc1)C(=O)Nc1cccc(SC(C(=O)Nc2ccc(Br)cc2F)c2ccccc2)c1. The zero-order chi connectivity index (χ0) is 34.0. The first kappa shape index (κ1) is 34.0. The van der Waals surface area contributed by atoms with E-state index in [1.807, 2.05) is 30.3 Å². The molecule has 0 spiro atoms. The van der Waals surface area contributed by atoms with Gasteiger partial charge < -0.3 is 25.8 Å². The van der Waals surface area contributed by atoms with Crippen molar-refractivity contribution in [2.45, 2.75) is 10.1 Å². The van der Waals surface area contributed by atoms with E-state index in [-0.39, 0.29) is 17.1 Å². The molecule has 0 aliphatic rings. The number of phenols is 1. The molecule has 0 aromatic heterocycles. The van der Waals surface area contributed by atoms with Crippen LogP contribution in [-0.2, 0) is 9.59 Å². The van der Waals surface area contributed by atoms with Crippen molar-refractivity contribution in [1.29, 1.82) is 0 Å². The van der Waals surface area contributed by atoms with E-state index in [0.29, 0.717) is 37.5 Å². The van der Waals surface area contributed by atoms with Gasteiger partial charge in [0.1, 0.15) is 28.3 Å². The number of rotatable bonds is 11. The van der Waals surface area contributed by atoms with Gasteiger partial charge in [-0.2, -0.15) is 0 Å². The number of nitrogens with one attached hydrogen (secondary N) is 3. The van der Waals surface area contributed by atoms with Crippen molar-refractivity contribution in [2.75, 3.05) is 17.7 Å². The van der Waals surface area contributed by atoms with E-state index in [9.17, 15) is 23.9 Å². The molecule has 0 aliphatic heterocycles. The molecule has 1 atom stereocenters. The molecule has 5 rings (SSSR count). The summed E-state index contributed by atoms with van der Waals surface area (Å²) in [5.74, 6) is -1.87. The molecule has 3 amide bonds. The summed E-state index contributed by atoms with van der Waals surface area (Å²) in [6.45, 7) is 0. The second-order valence-corrected chi connectivity index (χ2v) is 12.4. The molecule has 0 fully saturated rings. The van der Waals surface area contributed by atoms with Crippen LogP contribution in [0.1, 0.15) is 26.7 Å². The molecule has 11 heteroatoms. The standard InChI is InChI=1S/C37H29BrFN3O5S/c1-47-33-22-28(43)17-15-25(33)19-32(42-35(44)24-11-6-3-7-12-24)36(45)40-27-13-8-14-29(21-27)48-34(23-9-4-2-5-10-23)37(46)41-31-18-16-26(38)20-30(31)39/h2-22,34,43H,1H3,(H,40,45)(H,41,46)(H,42,44)/b32-19+. The Morgan fingerprint density at radius 3 is 2.29 bits per heavy atom. The van der Waals surface area contributed by atoms with Crippen LogP contribution in [0.4, 0.5) is 15.8 Å². The summed E-state index contributed by atoms with van der Waals surface area (Å²) in [5.41, 5.74) is 1.85. The third kappa shape index (κ3) is 8.90. The van der Waals surface area contributed by atoms with E-state index in [1.54, 1.807) is 66.7 Å². The lowest BCUT2D eigenvalue weighted by Gasteiger charge is -2.18. The summed E-state index contributed by atoms with van der Waals surface area (Å²) in [4.78, 5) is 40.9. The largest absolute Gasteiger partial charge is 0.508 e. The Hall–Kier alpha value is -5.39. The van der Waals surface area contributed by atoms with Crippen LogP contribution in [0.5, 0.6) is 11.5 Å².